The van der Waals surface area contributed by atoms with Crippen molar-refractivity contribution in [3.05, 3.63) is 34.9 Å². The molecule has 19 heavy (non-hydrogen) atoms. The number of aliphatic hydroxyl groups is 2. The van der Waals surface area contributed by atoms with E-state index in [0.29, 0.717) is 12.3 Å². The summed E-state index contributed by atoms with van der Waals surface area (Å²) in [4.78, 5) is 0. The van der Waals surface area contributed by atoms with Crippen LogP contribution in [-0.4, -0.2) is 22.9 Å². The lowest BCUT2D eigenvalue weighted by Gasteiger charge is -2.25. The highest BCUT2D eigenvalue weighted by atomic mass is 16.3. The molecule has 0 amide bonds. The Labute approximate surface area is 117 Å². The predicted molar refractivity (Wildman–Crippen MR) is 80.6 cm³/mol. The van der Waals surface area contributed by atoms with Gasteiger partial charge >= 0.3 is 0 Å². The first kappa shape index (κ1) is 16.2. The highest BCUT2D eigenvalue weighted by Crippen LogP contribution is 2.32. The summed E-state index contributed by atoms with van der Waals surface area (Å²) in [5, 5.41) is 18.7. The van der Waals surface area contributed by atoms with Gasteiger partial charge in [0.1, 0.15) is 0 Å². The molecule has 2 heteroatoms. The van der Waals surface area contributed by atoms with Gasteiger partial charge in [0.15, 0.2) is 0 Å². The summed E-state index contributed by atoms with van der Waals surface area (Å²) in [7, 11) is 0. The maximum Gasteiger partial charge on any atom is 0.0776 e. The van der Waals surface area contributed by atoms with Crippen molar-refractivity contribution in [1.29, 1.82) is 0 Å². The average Bonchev–Trinajstić information content (AvgIpc) is 2.35. The van der Waals surface area contributed by atoms with Crippen LogP contribution in [0.4, 0.5) is 0 Å². The van der Waals surface area contributed by atoms with Gasteiger partial charge in [-0.25, -0.2) is 0 Å². The van der Waals surface area contributed by atoms with E-state index in [2.05, 4.69) is 52.8 Å². The fourth-order valence-electron chi connectivity index (χ4n) is 2.46. The Hall–Kier alpha value is -0.860. The molecule has 2 N–H and O–H groups in total. The van der Waals surface area contributed by atoms with E-state index in [1.807, 2.05) is 0 Å². The molecule has 2 atom stereocenters. The molecule has 0 aromatic heterocycles. The maximum atomic E-state index is 9.69. The van der Waals surface area contributed by atoms with E-state index in [9.17, 15) is 5.11 Å². The standard InChI is InChI=1S/C17H28O2/c1-6-13(9-15(19)11-18)16-10-14(17(3,4)5)8-7-12(16)2/h7-8,10,13,15,18-19H,6,9,11H2,1-5H3. The Balaban J connectivity index is 3.09. The number of hydrogen-bond donors (Lipinski definition) is 2. The summed E-state index contributed by atoms with van der Waals surface area (Å²) in [6.07, 6.45) is 0.982. The summed E-state index contributed by atoms with van der Waals surface area (Å²) in [6.45, 7) is 10.7. The molecule has 0 saturated heterocycles. The van der Waals surface area contributed by atoms with Crippen molar-refractivity contribution in [1.82, 2.24) is 0 Å². The monoisotopic (exact) mass is 264 g/mol. The third-order valence-corrected chi connectivity index (χ3v) is 3.85. The topological polar surface area (TPSA) is 40.5 Å². The molecule has 0 aliphatic carbocycles. The van der Waals surface area contributed by atoms with Gasteiger partial charge in [0.2, 0.25) is 0 Å². The molecule has 0 bridgehead atoms. The first-order valence-electron chi connectivity index (χ1n) is 7.19. The minimum atomic E-state index is -0.623. The van der Waals surface area contributed by atoms with Gasteiger partial charge in [-0.15, -0.1) is 0 Å². The molecule has 0 fully saturated rings. The van der Waals surface area contributed by atoms with Gasteiger partial charge < -0.3 is 10.2 Å². The van der Waals surface area contributed by atoms with Crippen LogP contribution in [0.25, 0.3) is 0 Å². The Morgan fingerprint density at radius 2 is 1.84 bits per heavy atom. The van der Waals surface area contributed by atoms with Crippen LogP contribution in [0.5, 0.6) is 0 Å². The molecular weight excluding hydrogens is 236 g/mol. The van der Waals surface area contributed by atoms with Crippen LogP contribution in [-0.2, 0) is 5.41 Å². The molecule has 0 aliphatic heterocycles. The quantitative estimate of drug-likeness (QED) is 0.854. The molecule has 2 unspecified atom stereocenters. The van der Waals surface area contributed by atoms with Crippen LogP contribution in [0.1, 0.15) is 63.1 Å². The van der Waals surface area contributed by atoms with E-state index >= 15 is 0 Å². The van der Waals surface area contributed by atoms with Crippen molar-refractivity contribution >= 4 is 0 Å². The lowest BCUT2D eigenvalue weighted by Crippen LogP contribution is -2.18. The molecule has 1 aromatic rings. The van der Waals surface area contributed by atoms with Crippen molar-refractivity contribution in [2.24, 2.45) is 0 Å². The van der Waals surface area contributed by atoms with Gasteiger partial charge in [0, 0.05) is 0 Å². The van der Waals surface area contributed by atoms with E-state index in [4.69, 9.17) is 5.11 Å². The molecule has 0 saturated carbocycles. The Kier molecular flexibility index (Phi) is 5.57. The van der Waals surface area contributed by atoms with Crippen molar-refractivity contribution in [2.45, 2.75) is 64.9 Å². The lowest BCUT2D eigenvalue weighted by atomic mass is 9.81. The first-order valence-corrected chi connectivity index (χ1v) is 7.19. The van der Waals surface area contributed by atoms with Crippen LogP contribution >= 0.6 is 0 Å². The van der Waals surface area contributed by atoms with Crippen molar-refractivity contribution in [3.63, 3.8) is 0 Å². The molecule has 1 rings (SSSR count). The van der Waals surface area contributed by atoms with Gasteiger partial charge in [-0.1, -0.05) is 45.9 Å². The third kappa shape index (κ3) is 4.32. The molecule has 0 radical (unpaired) electrons. The number of aliphatic hydroxyl groups excluding tert-OH is 2. The number of benzene rings is 1. The van der Waals surface area contributed by atoms with E-state index in [-0.39, 0.29) is 12.0 Å². The van der Waals surface area contributed by atoms with Gasteiger partial charge in [0.05, 0.1) is 12.7 Å². The van der Waals surface area contributed by atoms with Gasteiger partial charge in [0.25, 0.3) is 0 Å². The predicted octanol–water partition coefficient (Wildman–Crippen LogP) is 3.53. The Morgan fingerprint density at radius 3 is 2.32 bits per heavy atom. The molecule has 0 spiro atoms. The minimum Gasteiger partial charge on any atom is -0.394 e. The van der Waals surface area contributed by atoms with Gasteiger partial charge in [-0.05, 0) is 47.8 Å². The number of aryl methyl sites for hydroxylation is 1. The fourth-order valence-corrected chi connectivity index (χ4v) is 2.46. The van der Waals surface area contributed by atoms with E-state index in [1.165, 1.54) is 16.7 Å². The smallest absolute Gasteiger partial charge is 0.0776 e. The highest BCUT2D eigenvalue weighted by Gasteiger charge is 2.20. The zero-order chi connectivity index (χ0) is 14.6. The van der Waals surface area contributed by atoms with Gasteiger partial charge in [-0.2, -0.15) is 0 Å². The van der Waals surface area contributed by atoms with Crippen LogP contribution in [0.2, 0.25) is 0 Å². The second-order valence-corrected chi connectivity index (χ2v) is 6.50. The molecule has 0 heterocycles. The molecule has 0 aliphatic rings. The third-order valence-electron chi connectivity index (χ3n) is 3.85. The highest BCUT2D eigenvalue weighted by molar-refractivity contribution is 5.36. The minimum absolute atomic E-state index is 0.135. The summed E-state index contributed by atoms with van der Waals surface area (Å²) >= 11 is 0. The number of hydrogen-bond acceptors (Lipinski definition) is 2. The average molecular weight is 264 g/mol. The van der Waals surface area contributed by atoms with Crippen LogP contribution in [0, 0.1) is 6.92 Å². The zero-order valence-electron chi connectivity index (χ0n) is 12.9. The summed E-state index contributed by atoms with van der Waals surface area (Å²) in [6, 6.07) is 6.63. The molecule has 108 valence electrons. The normalized spacial score (nSPS) is 15.3. The van der Waals surface area contributed by atoms with E-state index < -0.39 is 6.10 Å². The maximum absolute atomic E-state index is 9.69. The molecular formula is C17H28O2. The van der Waals surface area contributed by atoms with Crippen molar-refractivity contribution in [3.8, 4) is 0 Å². The van der Waals surface area contributed by atoms with Gasteiger partial charge in [-0.3, -0.25) is 0 Å². The SMILES string of the molecule is CCC(CC(O)CO)c1cc(C(C)(C)C)ccc1C. The van der Waals surface area contributed by atoms with Crippen molar-refractivity contribution in [2.75, 3.05) is 6.61 Å². The Bertz CT molecular complexity index is 404. The van der Waals surface area contributed by atoms with E-state index in [1.54, 1.807) is 0 Å². The first-order chi connectivity index (χ1) is 8.79. The molecule has 1 aromatic carbocycles. The summed E-state index contributed by atoms with van der Waals surface area (Å²) in [5.74, 6) is 0.310. The Morgan fingerprint density at radius 1 is 1.21 bits per heavy atom. The fraction of sp³-hybridized carbons (Fsp3) is 0.647. The van der Waals surface area contributed by atoms with Crippen molar-refractivity contribution < 1.29 is 10.2 Å². The van der Waals surface area contributed by atoms with Crippen LogP contribution < -0.4 is 0 Å². The largest absolute Gasteiger partial charge is 0.394 e. The second kappa shape index (κ2) is 6.53. The summed E-state index contributed by atoms with van der Waals surface area (Å²) < 4.78 is 0. The molecule has 2 nitrogen and oxygen atoms in total. The van der Waals surface area contributed by atoms with Crippen LogP contribution in [0.15, 0.2) is 18.2 Å². The lowest BCUT2D eigenvalue weighted by molar-refractivity contribution is 0.0817. The number of rotatable bonds is 5. The van der Waals surface area contributed by atoms with E-state index in [0.717, 1.165) is 6.42 Å². The second-order valence-electron chi connectivity index (χ2n) is 6.50. The van der Waals surface area contributed by atoms with Crippen LogP contribution in [0.3, 0.4) is 0 Å². The zero-order valence-corrected chi connectivity index (χ0v) is 12.9. The summed E-state index contributed by atoms with van der Waals surface area (Å²) in [5.41, 5.74) is 4.04.